The number of nitrogens with one attached hydrogen (secondary N) is 1. The Labute approximate surface area is 101 Å². The van der Waals surface area contributed by atoms with Gasteiger partial charge in [-0.05, 0) is 32.0 Å². The highest BCUT2D eigenvalue weighted by Gasteiger charge is 2.13. The maximum absolute atomic E-state index is 13.6. The predicted molar refractivity (Wildman–Crippen MR) is 64.3 cm³/mol. The van der Waals surface area contributed by atoms with E-state index in [2.05, 4.69) is 5.32 Å². The minimum atomic E-state index is -0.260. The maximum atomic E-state index is 13.6. The number of ether oxygens (including phenoxy) is 1. The number of halogens is 2. The zero-order valence-electron chi connectivity index (χ0n) is 9.59. The number of benzene rings is 1. The summed E-state index contributed by atoms with van der Waals surface area (Å²) in [6.07, 6.45) is 1.73. The van der Waals surface area contributed by atoms with Crippen molar-refractivity contribution in [1.82, 2.24) is 5.32 Å². The van der Waals surface area contributed by atoms with E-state index >= 15 is 0 Å². The monoisotopic (exact) mass is 245 g/mol. The average Bonchev–Trinajstić information content (AvgIpc) is 2.26. The second kappa shape index (κ2) is 6.84. The first kappa shape index (κ1) is 13.4. The Morgan fingerprint density at radius 1 is 1.50 bits per heavy atom. The Hall–Kier alpha value is -0.640. The molecule has 0 radical (unpaired) electrons. The van der Waals surface area contributed by atoms with E-state index in [1.54, 1.807) is 19.2 Å². The fraction of sp³-hybridized carbons (Fsp3) is 0.500. The summed E-state index contributed by atoms with van der Waals surface area (Å²) in [7, 11) is 3.49. The van der Waals surface area contributed by atoms with Gasteiger partial charge in [-0.3, -0.25) is 0 Å². The fourth-order valence-electron chi connectivity index (χ4n) is 1.67. The molecule has 1 aromatic rings. The molecule has 0 bridgehead atoms. The molecule has 0 saturated carbocycles. The van der Waals surface area contributed by atoms with E-state index in [4.69, 9.17) is 16.3 Å². The molecule has 0 amide bonds. The quantitative estimate of drug-likeness (QED) is 0.778. The average molecular weight is 246 g/mol. The Morgan fingerprint density at radius 2 is 2.25 bits per heavy atom. The highest BCUT2D eigenvalue weighted by molar-refractivity contribution is 6.30. The molecule has 0 heterocycles. The largest absolute Gasteiger partial charge is 0.385 e. The van der Waals surface area contributed by atoms with Crippen LogP contribution in [0.2, 0.25) is 5.02 Å². The number of rotatable bonds is 6. The summed E-state index contributed by atoms with van der Waals surface area (Å²) in [4.78, 5) is 0. The molecule has 0 aliphatic heterocycles. The van der Waals surface area contributed by atoms with Crippen molar-refractivity contribution in [2.45, 2.75) is 18.9 Å². The molecule has 0 spiro atoms. The van der Waals surface area contributed by atoms with Crippen LogP contribution in [-0.4, -0.2) is 20.8 Å². The number of hydrogen-bond donors (Lipinski definition) is 1. The minimum absolute atomic E-state index is 0.00687. The van der Waals surface area contributed by atoms with Gasteiger partial charge in [0.1, 0.15) is 5.82 Å². The highest BCUT2D eigenvalue weighted by Crippen LogP contribution is 2.23. The molecule has 0 saturated heterocycles. The van der Waals surface area contributed by atoms with Gasteiger partial charge in [-0.15, -0.1) is 0 Å². The molecule has 16 heavy (non-hydrogen) atoms. The first-order valence-electron chi connectivity index (χ1n) is 5.30. The number of methoxy groups -OCH3 is 1. The lowest BCUT2D eigenvalue weighted by Gasteiger charge is -2.17. The van der Waals surface area contributed by atoms with Crippen LogP contribution in [0.4, 0.5) is 4.39 Å². The van der Waals surface area contributed by atoms with Crippen LogP contribution in [-0.2, 0) is 4.74 Å². The third-order valence-corrected chi connectivity index (χ3v) is 2.76. The summed E-state index contributed by atoms with van der Waals surface area (Å²) in [6, 6.07) is 4.79. The van der Waals surface area contributed by atoms with Gasteiger partial charge in [0.05, 0.1) is 0 Å². The van der Waals surface area contributed by atoms with Crippen molar-refractivity contribution < 1.29 is 9.13 Å². The highest BCUT2D eigenvalue weighted by atomic mass is 35.5. The normalized spacial score (nSPS) is 12.8. The van der Waals surface area contributed by atoms with Crippen molar-refractivity contribution in [1.29, 1.82) is 0 Å². The first-order valence-corrected chi connectivity index (χ1v) is 5.68. The molecule has 4 heteroatoms. The van der Waals surface area contributed by atoms with Crippen LogP contribution in [0.25, 0.3) is 0 Å². The summed E-state index contributed by atoms with van der Waals surface area (Å²) in [5.41, 5.74) is 0.656. The smallest absolute Gasteiger partial charge is 0.129 e. The lowest BCUT2D eigenvalue weighted by Crippen LogP contribution is -2.18. The Bertz CT molecular complexity index is 333. The molecule has 2 nitrogen and oxygen atoms in total. The molecular formula is C12H17ClFNO. The maximum Gasteiger partial charge on any atom is 0.129 e. The van der Waals surface area contributed by atoms with E-state index in [9.17, 15) is 4.39 Å². The van der Waals surface area contributed by atoms with Gasteiger partial charge in [0.25, 0.3) is 0 Å². The Balaban J connectivity index is 2.70. The van der Waals surface area contributed by atoms with Crippen LogP contribution < -0.4 is 5.32 Å². The van der Waals surface area contributed by atoms with Crippen LogP contribution in [0.15, 0.2) is 18.2 Å². The predicted octanol–water partition coefficient (Wildman–Crippen LogP) is 3.17. The molecule has 0 aliphatic carbocycles. The van der Waals surface area contributed by atoms with Gasteiger partial charge in [-0.1, -0.05) is 17.7 Å². The van der Waals surface area contributed by atoms with E-state index in [0.717, 1.165) is 12.8 Å². The molecular weight excluding hydrogens is 229 g/mol. The molecule has 0 aliphatic rings. The van der Waals surface area contributed by atoms with Crippen molar-refractivity contribution >= 4 is 11.6 Å². The van der Waals surface area contributed by atoms with Gasteiger partial charge in [0, 0.05) is 30.3 Å². The summed E-state index contributed by atoms with van der Waals surface area (Å²) in [5.74, 6) is -0.260. The van der Waals surface area contributed by atoms with Crippen LogP contribution in [0, 0.1) is 5.82 Å². The van der Waals surface area contributed by atoms with Crippen LogP contribution >= 0.6 is 11.6 Å². The minimum Gasteiger partial charge on any atom is -0.385 e. The van der Waals surface area contributed by atoms with Gasteiger partial charge < -0.3 is 10.1 Å². The first-order chi connectivity index (χ1) is 7.69. The molecule has 0 fully saturated rings. The lowest BCUT2D eigenvalue weighted by atomic mass is 10.0. The Kier molecular flexibility index (Phi) is 5.74. The topological polar surface area (TPSA) is 21.3 Å². The molecule has 1 atom stereocenters. The van der Waals surface area contributed by atoms with E-state index in [1.807, 2.05) is 7.05 Å². The van der Waals surface area contributed by atoms with Crippen molar-refractivity contribution in [3.63, 3.8) is 0 Å². The van der Waals surface area contributed by atoms with Crippen LogP contribution in [0.1, 0.15) is 24.4 Å². The van der Waals surface area contributed by atoms with Gasteiger partial charge in [0.15, 0.2) is 0 Å². The van der Waals surface area contributed by atoms with Crippen LogP contribution in [0.3, 0.4) is 0 Å². The number of hydrogen-bond acceptors (Lipinski definition) is 2. The van der Waals surface area contributed by atoms with Crippen molar-refractivity contribution in [3.05, 3.63) is 34.6 Å². The molecule has 1 unspecified atom stereocenters. The second-order valence-electron chi connectivity index (χ2n) is 3.64. The summed E-state index contributed by atoms with van der Waals surface area (Å²) >= 11 is 5.71. The van der Waals surface area contributed by atoms with Gasteiger partial charge in [0.2, 0.25) is 0 Å². The van der Waals surface area contributed by atoms with Crippen molar-refractivity contribution in [3.8, 4) is 0 Å². The second-order valence-corrected chi connectivity index (χ2v) is 4.08. The SMILES string of the molecule is CNC(CCCOC)c1ccc(Cl)cc1F. The van der Waals surface area contributed by atoms with Crippen molar-refractivity contribution in [2.75, 3.05) is 20.8 Å². The van der Waals surface area contributed by atoms with Crippen LogP contribution in [0.5, 0.6) is 0 Å². The molecule has 1 N–H and O–H groups in total. The van der Waals surface area contributed by atoms with Gasteiger partial charge >= 0.3 is 0 Å². The Morgan fingerprint density at radius 3 is 2.81 bits per heavy atom. The summed E-state index contributed by atoms with van der Waals surface area (Å²) < 4.78 is 18.6. The molecule has 1 rings (SSSR count). The zero-order valence-corrected chi connectivity index (χ0v) is 10.4. The van der Waals surface area contributed by atoms with Gasteiger partial charge in [-0.2, -0.15) is 0 Å². The lowest BCUT2D eigenvalue weighted by molar-refractivity contribution is 0.189. The summed E-state index contributed by atoms with van der Waals surface area (Å²) in [5, 5.41) is 3.52. The zero-order chi connectivity index (χ0) is 12.0. The third-order valence-electron chi connectivity index (χ3n) is 2.53. The van der Waals surface area contributed by atoms with E-state index in [1.165, 1.54) is 6.07 Å². The summed E-state index contributed by atoms with van der Waals surface area (Å²) in [6.45, 7) is 0.688. The third kappa shape index (κ3) is 3.74. The molecule has 90 valence electrons. The van der Waals surface area contributed by atoms with Gasteiger partial charge in [-0.25, -0.2) is 4.39 Å². The molecule has 1 aromatic carbocycles. The van der Waals surface area contributed by atoms with E-state index in [0.29, 0.717) is 17.2 Å². The standard InChI is InChI=1S/C12H17ClFNO/c1-15-12(4-3-7-16-2)10-6-5-9(13)8-11(10)14/h5-6,8,12,15H,3-4,7H2,1-2H3. The van der Waals surface area contributed by atoms with E-state index < -0.39 is 0 Å². The van der Waals surface area contributed by atoms with E-state index in [-0.39, 0.29) is 11.9 Å². The fourth-order valence-corrected chi connectivity index (χ4v) is 1.83. The molecule has 0 aromatic heterocycles. The van der Waals surface area contributed by atoms with Crippen molar-refractivity contribution in [2.24, 2.45) is 0 Å².